The van der Waals surface area contributed by atoms with Crippen LogP contribution >= 0.6 is 7.82 Å². The van der Waals surface area contributed by atoms with Gasteiger partial charge < -0.3 is 29.7 Å². The molecule has 308 valence electrons. The van der Waals surface area contributed by atoms with Crippen LogP contribution in [0.15, 0.2) is 48.6 Å². The van der Waals surface area contributed by atoms with Gasteiger partial charge in [-0.25, -0.2) is 4.57 Å². The molecule has 0 aromatic carbocycles. The largest absolute Gasteiger partial charge is 0.472 e. The van der Waals surface area contributed by atoms with Crippen LogP contribution in [0.5, 0.6) is 0 Å². The van der Waals surface area contributed by atoms with Crippen molar-refractivity contribution in [1.82, 2.24) is 0 Å². The van der Waals surface area contributed by atoms with Crippen LogP contribution in [-0.4, -0.2) is 76.9 Å². The van der Waals surface area contributed by atoms with Gasteiger partial charge in [0.15, 0.2) is 6.10 Å². The molecule has 0 aliphatic rings. The van der Waals surface area contributed by atoms with Crippen molar-refractivity contribution in [3.05, 3.63) is 48.6 Å². The van der Waals surface area contributed by atoms with Gasteiger partial charge >= 0.3 is 19.8 Å². The number of aliphatic hydroxyl groups is 3. The molecule has 11 nitrogen and oxygen atoms in total. The molecule has 4 atom stereocenters. The predicted molar refractivity (Wildman–Crippen MR) is 211 cm³/mol. The number of hydrogen-bond acceptors (Lipinski definition) is 10. The van der Waals surface area contributed by atoms with Crippen molar-refractivity contribution in [2.45, 2.75) is 167 Å². The minimum Gasteiger partial charge on any atom is -0.462 e. The fourth-order valence-electron chi connectivity index (χ4n) is 5.10. The third-order valence-electron chi connectivity index (χ3n) is 8.27. The average Bonchev–Trinajstić information content (AvgIpc) is 3.12. The summed E-state index contributed by atoms with van der Waals surface area (Å²) in [6, 6.07) is 0. The van der Waals surface area contributed by atoms with E-state index in [0.29, 0.717) is 19.3 Å². The van der Waals surface area contributed by atoms with Gasteiger partial charge in [-0.05, 0) is 44.4 Å². The van der Waals surface area contributed by atoms with Crippen LogP contribution in [0.1, 0.15) is 149 Å². The fourth-order valence-corrected chi connectivity index (χ4v) is 5.89. The number of phosphoric ester groups is 1. The minimum absolute atomic E-state index is 0.0875. The van der Waals surface area contributed by atoms with Gasteiger partial charge in [0, 0.05) is 12.8 Å². The smallest absolute Gasteiger partial charge is 0.462 e. The molecule has 0 aliphatic heterocycles. The number of carbonyl (C=O) groups is 2. The number of esters is 2. The first-order valence-electron chi connectivity index (χ1n) is 20.1. The molecule has 4 N–H and O–H groups in total. The molecular weight excluding hydrogens is 699 g/mol. The molecule has 0 aliphatic carbocycles. The highest BCUT2D eigenvalue weighted by atomic mass is 31.2. The molecule has 0 radical (unpaired) electrons. The number of allylic oxidation sites excluding steroid dienone is 7. The van der Waals surface area contributed by atoms with Gasteiger partial charge in [-0.15, -0.1) is 0 Å². The van der Waals surface area contributed by atoms with Crippen LogP contribution in [0, 0.1) is 5.92 Å². The summed E-state index contributed by atoms with van der Waals surface area (Å²) >= 11 is 0. The van der Waals surface area contributed by atoms with Crippen LogP contribution < -0.4 is 0 Å². The molecule has 0 saturated heterocycles. The highest BCUT2D eigenvalue weighted by molar-refractivity contribution is 7.47. The molecule has 12 heteroatoms. The Hall–Kier alpha value is -2.11. The third-order valence-corrected chi connectivity index (χ3v) is 9.22. The monoisotopic (exact) mass is 772 g/mol. The summed E-state index contributed by atoms with van der Waals surface area (Å²) in [5.41, 5.74) is 0. The number of phosphoric acid groups is 1. The normalized spacial score (nSPS) is 15.2. The van der Waals surface area contributed by atoms with Crippen molar-refractivity contribution in [3.63, 3.8) is 0 Å². The number of rotatable bonds is 36. The van der Waals surface area contributed by atoms with Crippen molar-refractivity contribution < 1.29 is 52.9 Å². The first kappa shape index (κ1) is 50.9. The van der Waals surface area contributed by atoms with Gasteiger partial charge in [0.05, 0.1) is 25.9 Å². The van der Waals surface area contributed by atoms with E-state index in [9.17, 15) is 29.3 Å². The average molecular weight is 773 g/mol. The Kier molecular flexibility index (Phi) is 34.2. The Morgan fingerprint density at radius 2 is 1.26 bits per heavy atom. The molecule has 0 spiro atoms. The van der Waals surface area contributed by atoms with E-state index >= 15 is 0 Å². The van der Waals surface area contributed by atoms with Crippen molar-refractivity contribution in [3.8, 4) is 0 Å². The molecular formula is C41H73O11P. The Bertz CT molecular complexity index is 1060. The number of unbranched alkanes of at least 4 members (excludes halogenated alkanes) is 11. The molecule has 0 fully saturated rings. The number of ether oxygens (including phenoxy) is 2. The van der Waals surface area contributed by atoms with E-state index in [2.05, 4.69) is 37.4 Å². The van der Waals surface area contributed by atoms with Crippen LogP contribution in [0.25, 0.3) is 0 Å². The zero-order chi connectivity index (χ0) is 39.4. The number of carbonyl (C=O) groups excluding carboxylic acids is 2. The summed E-state index contributed by atoms with van der Waals surface area (Å²) in [7, 11) is -4.64. The van der Waals surface area contributed by atoms with Gasteiger partial charge in [-0.2, -0.15) is 0 Å². The second-order valence-electron chi connectivity index (χ2n) is 14.0. The topological polar surface area (TPSA) is 169 Å². The van der Waals surface area contributed by atoms with E-state index < -0.39 is 57.9 Å². The second kappa shape index (κ2) is 35.6. The number of aliphatic hydroxyl groups excluding tert-OH is 3. The molecule has 53 heavy (non-hydrogen) atoms. The molecule has 1 unspecified atom stereocenters. The van der Waals surface area contributed by atoms with Crippen molar-refractivity contribution >= 4 is 19.8 Å². The quantitative estimate of drug-likeness (QED) is 0.0158. The molecule has 0 rings (SSSR count). The summed E-state index contributed by atoms with van der Waals surface area (Å²) in [5, 5.41) is 28.2. The lowest BCUT2D eigenvalue weighted by Gasteiger charge is -2.20. The lowest BCUT2D eigenvalue weighted by atomic mass is 10.0. The molecule has 0 heterocycles. The summed E-state index contributed by atoms with van der Waals surface area (Å²) in [5.74, 6) is -0.252. The first-order valence-corrected chi connectivity index (χ1v) is 21.6. The number of hydrogen-bond donors (Lipinski definition) is 4. The van der Waals surface area contributed by atoms with Crippen molar-refractivity contribution in [2.24, 2.45) is 5.92 Å². The van der Waals surface area contributed by atoms with Crippen LogP contribution in [0.2, 0.25) is 0 Å². The van der Waals surface area contributed by atoms with Gasteiger partial charge in [0.2, 0.25) is 0 Å². The fraction of sp³-hybridized carbons (Fsp3) is 0.756. The maximum absolute atomic E-state index is 12.6. The van der Waals surface area contributed by atoms with E-state index in [4.69, 9.17) is 19.1 Å². The lowest BCUT2D eigenvalue weighted by molar-refractivity contribution is -0.161. The van der Waals surface area contributed by atoms with Gasteiger partial charge in [-0.3, -0.25) is 18.6 Å². The summed E-state index contributed by atoms with van der Waals surface area (Å²) < 4.78 is 32.5. The standard InChI is InChI=1S/C41H73O11P/c1-4-5-22-28-37(43)29-24-19-15-11-7-6-8-12-17-21-26-31-41(46)52-39(35-51-53(47,48)50-33-38(44)32-42)34-49-40(45)30-25-20-16-13-9-10-14-18-23-27-36(2)3/h6-7,12,15,17,19,24,29,36-39,42-44H,4-5,8-11,13-14,16,18,20-23,25-28,30-35H2,1-3H3,(H,47,48)/b7-6-,17-12-,19-15-,29-24+/t37-,38-,39+/m0/s1. The van der Waals surface area contributed by atoms with E-state index in [0.717, 1.165) is 63.7 Å². The zero-order valence-electron chi connectivity index (χ0n) is 33.0. The first-order chi connectivity index (χ1) is 25.5. The summed E-state index contributed by atoms with van der Waals surface area (Å²) in [6.07, 6.45) is 31.4. The van der Waals surface area contributed by atoms with E-state index in [1.165, 1.54) is 38.5 Å². The van der Waals surface area contributed by atoms with E-state index in [1.807, 2.05) is 36.5 Å². The minimum atomic E-state index is -4.64. The Labute approximate surface area is 320 Å². The van der Waals surface area contributed by atoms with Gasteiger partial charge in [0.25, 0.3) is 0 Å². The molecule has 0 aromatic heterocycles. The maximum Gasteiger partial charge on any atom is 0.472 e. The Morgan fingerprint density at radius 3 is 1.92 bits per heavy atom. The predicted octanol–water partition coefficient (Wildman–Crippen LogP) is 8.99. The van der Waals surface area contributed by atoms with Crippen LogP contribution in [0.4, 0.5) is 0 Å². The van der Waals surface area contributed by atoms with Gasteiger partial charge in [-0.1, -0.05) is 146 Å². The van der Waals surface area contributed by atoms with Gasteiger partial charge in [0.1, 0.15) is 12.7 Å². The summed E-state index contributed by atoms with van der Waals surface area (Å²) in [4.78, 5) is 34.8. The Morgan fingerprint density at radius 1 is 0.679 bits per heavy atom. The van der Waals surface area contributed by atoms with Crippen molar-refractivity contribution in [1.29, 1.82) is 0 Å². The molecule has 0 saturated carbocycles. The highest BCUT2D eigenvalue weighted by Gasteiger charge is 2.27. The van der Waals surface area contributed by atoms with Crippen LogP contribution in [-0.2, 0) is 32.7 Å². The van der Waals surface area contributed by atoms with Crippen LogP contribution in [0.3, 0.4) is 0 Å². The molecule has 0 bridgehead atoms. The summed E-state index contributed by atoms with van der Waals surface area (Å²) in [6.45, 7) is 4.44. The highest BCUT2D eigenvalue weighted by Crippen LogP contribution is 2.43. The van der Waals surface area contributed by atoms with E-state index in [1.54, 1.807) is 0 Å². The third kappa shape index (κ3) is 36.6. The molecule has 0 amide bonds. The zero-order valence-corrected chi connectivity index (χ0v) is 33.9. The SMILES string of the molecule is CCCCC[C@H](O)/C=C/C=C\C/C=C\C/C=C\CCCC(=O)O[C@H](COC(=O)CCCCCCCCCCCC(C)C)COP(=O)(O)OC[C@@H](O)CO. The van der Waals surface area contributed by atoms with Crippen molar-refractivity contribution in [2.75, 3.05) is 26.4 Å². The maximum atomic E-state index is 12.6. The van der Waals surface area contributed by atoms with E-state index in [-0.39, 0.29) is 19.4 Å². The lowest BCUT2D eigenvalue weighted by Crippen LogP contribution is -2.29. The Balaban J connectivity index is 4.50. The second-order valence-corrected chi connectivity index (χ2v) is 15.4. The molecule has 0 aromatic rings.